The second-order valence-corrected chi connectivity index (χ2v) is 7.10. The number of carbonyl (C=O) groups excluding carboxylic acids is 1. The fraction of sp³-hybridized carbons (Fsp3) is 0.273. The lowest BCUT2D eigenvalue weighted by Gasteiger charge is -2.06. The van der Waals surface area contributed by atoms with Gasteiger partial charge in [0.1, 0.15) is 23.1 Å². The van der Waals surface area contributed by atoms with Crippen LogP contribution in [0.15, 0.2) is 36.5 Å². The second-order valence-electron chi connectivity index (χ2n) is 7.10. The van der Waals surface area contributed by atoms with Crippen LogP contribution in [0.4, 0.5) is 5.69 Å². The third-order valence-electron chi connectivity index (χ3n) is 4.85. The number of carbonyl (C=O) groups is 2. The van der Waals surface area contributed by atoms with Crippen LogP contribution >= 0.6 is 0 Å². The Bertz CT molecular complexity index is 1120. The van der Waals surface area contributed by atoms with Crippen LogP contribution in [0.1, 0.15) is 47.9 Å². The quantitative estimate of drug-likeness (QED) is 0.416. The zero-order chi connectivity index (χ0) is 22.4. The maximum Gasteiger partial charge on any atom is 0.339 e. The number of phenols is 1. The highest BCUT2D eigenvalue weighted by Crippen LogP contribution is 2.25. The number of aromatic hydroxyl groups is 1. The molecule has 0 spiro atoms. The van der Waals surface area contributed by atoms with Gasteiger partial charge in [-0.3, -0.25) is 9.89 Å². The van der Waals surface area contributed by atoms with Gasteiger partial charge in [-0.2, -0.15) is 10.4 Å². The molecule has 0 saturated heterocycles. The van der Waals surface area contributed by atoms with Crippen molar-refractivity contribution in [2.45, 2.75) is 39.2 Å². The van der Waals surface area contributed by atoms with Gasteiger partial charge in [0.15, 0.2) is 0 Å². The molecule has 0 aliphatic rings. The highest BCUT2D eigenvalue weighted by Gasteiger charge is 2.22. The normalized spacial score (nSPS) is 10.6. The fourth-order valence-corrected chi connectivity index (χ4v) is 3.19. The van der Waals surface area contributed by atoms with Crippen molar-refractivity contribution >= 4 is 17.6 Å². The number of nitriles is 1. The average molecular weight is 421 g/mol. The molecule has 0 aliphatic carbocycles. The molecule has 4 N–H and O–H groups in total. The van der Waals surface area contributed by atoms with Gasteiger partial charge in [0.2, 0.25) is 5.91 Å². The van der Waals surface area contributed by atoms with E-state index < -0.39 is 11.9 Å². The summed E-state index contributed by atoms with van der Waals surface area (Å²) in [5.74, 6) is -1.43. The number of benzene rings is 1. The van der Waals surface area contributed by atoms with Crippen LogP contribution in [-0.4, -0.2) is 36.9 Å². The van der Waals surface area contributed by atoms with Crippen molar-refractivity contribution in [2.75, 3.05) is 5.32 Å². The van der Waals surface area contributed by atoms with Gasteiger partial charge in [-0.15, -0.1) is 0 Å². The Morgan fingerprint density at radius 3 is 2.68 bits per heavy atom. The number of nitrogens with one attached hydrogen (secondary N) is 2. The first kappa shape index (κ1) is 21.6. The number of carboxylic acids is 1. The number of amides is 1. The van der Waals surface area contributed by atoms with Gasteiger partial charge >= 0.3 is 5.97 Å². The number of aromatic nitrogens is 3. The Balaban J connectivity index is 1.68. The summed E-state index contributed by atoms with van der Waals surface area (Å²) in [4.78, 5) is 24.1. The molecule has 0 bridgehead atoms. The first-order chi connectivity index (χ1) is 14.9. The number of carboxylic acid groups (broad SMARTS) is 1. The first-order valence-electron chi connectivity index (χ1n) is 9.93. The van der Waals surface area contributed by atoms with Gasteiger partial charge in [0, 0.05) is 30.4 Å². The number of unbranched alkanes of at least 4 members (excludes halogenated alkanes) is 1. The Morgan fingerprint density at radius 1 is 1.29 bits per heavy atom. The highest BCUT2D eigenvalue weighted by molar-refractivity contribution is 6.02. The molecule has 3 aromatic rings. The van der Waals surface area contributed by atoms with Crippen LogP contribution in [0.5, 0.6) is 5.75 Å². The lowest BCUT2D eigenvalue weighted by Crippen LogP contribution is -2.15. The number of hydrogen-bond acceptors (Lipinski definition) is 5. The van der Waals surface area contributed by atoms with E-state index in [1.165, 1.54) is 6.20 Å². The van der Waals surface area contributed by atoms with E-state index in [4.69, 9.17) is 0 Å². The monoisotopic (exact) mass is 421 g/mol. The molecule has 2 heterocycles. The average Bonchev–Trinajstić information content (AvgIpc) is 3.36. The largest absolute Gasteiger partial charge is 0.508 e. The van der Waals surface area contributed by atoms with Gasteiger partial charge in [-0.1, -0.05) is 13.3 Å². The van der Waals surface area contributed by atoms with Crippen LogP contribution in [-0.2, 0) is 17.8 Å². The van der Waals surface area contributed by atoms with Crippen LogP contribution in [0, 0.1) is 11.3 Å². The van der Waals surface area contributed by atoms with Crippen molar-refractivity contribution in [3.05, 3.63) is 53.5 Å². The Morgan fingerprint density at radius 2 is 2.03 bits per heavy atom. The number of hydrogen-bond donors (Lipinski definition) is 4. The third-order valence-corrected chi connectivity index (χ3v) is 4.85. The lowest BCUT2D eigenvalue weighted by molar-refractivity contribution is -0.116. The molecule has 0 atom stereocenters. The SMILES string of the molecule is CCCCn1cc(C(=O)O)c(NC(=O)CCc2cc(-c3ccc(O)cc3)n[nH]2)c1C#N. The Hall–Kier alpha value is -4.06. The summed E-state index contributed by atoms with van der Waals surface area (Å²) in [5, 5.41) is 38.0. The number of nitrogens with zero attached hydrogens (tertiary/aromatic N) is 3. The van der Waals surface area contributed by atoms with E-state index in [-0.39, 0.29) is 29.1 Å². The molecule has 9 nitrogen and oxygen atoms in total. The smallest absolute Gasteiger partial charge is 0.339 e. The maximum atomic E-state index is 12.5. The molecular weight excluding hydrogens is 398 g/mol. The number of aryl methyl sites for hydroxylation is 2. The molecule has 0 unspecified atom stereocenters. The maximum absolute atomic E-state index is 12.5. The zero-order valence-electron chi connectivity index (χ0n) is 17.1. The summed E-state index contributed by atoms with van der Waals surface area (Å²) in [6.45, 7) is 2.50. The topological polar surface area (TPSA) is 144 Å². The molecule has 0 saturated carbocycles. The zero-order valence-corrected chi connectivity index (χ0v) is 17.1. The van der Waals surface area contributed by atoms with Gasteiger partial charge in [0.25, 0.3) is 0 Å². The van der Waals surface area contributed by atoms with Crippen molar-refractivity contribution in [3.63, 3.8) is 0 Å². The number of anilines is 1. The van der Waals surface area contributed by atoms with Crippen LogP contribution in [0.25, 0.3) is 11.3 Å². The van der Waals surface area contributed by atoms with E-state index in [1.54, 1.807) is 28.8 Å². The van der Waals surface area contributed by atoms with E-state index in [0.29, 0.717) is 18.7 Å². The number of aromatic amines is 1. The highest BCUT2D eigenvalue weighted by atomic mass is 16.4. The van der Waals surface area contributed by atoms with Gasteiger partial charge < -0.3 is 20.1 Å². The van der Waals surface area contributed by atoms with Crippen molar-refractivity contribution in [1.29, 1.82) is 5.26 Å². The van der Waals surface area contributed by atoms with Gasteiger partial charge in [-0.05, 0) is 43.2 Å². The van der Waals surface area contributed by atoms with E-state index in [1.807, 2.05) is 19.1 Å². The summed E-state index contributed by atoms with van der Waals surface area (Å²) in [6, 6.07) is 10.4. The van der Waals surface area contributed by atoms with E-state index in [2.05, 4.69) is 15.5 Å². The van der Waals surface area contributed by atoms with Crippen molar-refractivity contribution < 1.29 is 19.8 Å². The molecule has 160 valence electrons. The second kappa shape index (κ2) is 9.63. The molecule has 31 heavy (non-hydrogen) atoms. The minimum absolute atomic E-state index is 0.0329. The molecule has 3 rings (SSSR count). The molecule has 1 aromatic carbocycles. The number of aromatic carboxylic acids is 1. The summed E-state index contributed by atoms with van der Waals surface area (Å²) < 4.78 is 1.57. The first-order valence-corrected chi connectivity index (χ1v) is 9.93. The minimum atomic E-state index is -1.20. The molecular formula is C22H23N5O4. The van der Waals surface area contributed by atoms with E-state index in [9.17, 15) is 25.1 Å². The number of phenolic OH excluding ortho intramolecular Hbond substituents is 1. The van der Waals surface area contributed by atoms with Crippen molar-refractivity contribution in [2.24, 2.45) is 0 Å². The minimum Gasteiger partial charge on any atom is -0.508 e. The standard InChI is InChI=1S/C22H23N5O4/c1-2-3-10-27-13-17(22(30)31)21(19(27)12-23)24-20(29)9-6-15-11-18(26-25-15)14-4-7-16(28)8-5-14/h4-5,7-8,11,13,28H,2-3,6,9-10H2,1H3,(H,24,29)(H,25,26)(H,30,31). The Labute approximate surface area is 179 Å². The van der Waals surface area contributed by atoms with Crippen molar-refractivity contribution in [3.8, 4) is 23.1 Å². The van der Waals surface area contributed by atoms with Gasteiger partial charge in [-0.25, -0.2) is 4.79 Å². The molecule has 0 radical (unpaired) electrons. The van der Waals surface area contributed by atoms with Crippen LogP contribution in [0.2, 0.25) is 0 Å². The van der Waals surface area contributed by atoms with Gasteiger partial charge in [0.05, 0.1) is 11.4 Å². The van der Waals surface area contributed by atoms with E-state index in [0.717, 1.165) is 24.1 Å². The summed E-state index contributed by atoms with van der Waals surface area (Å²) in [5.41, 5.74) is 2.31. The fourth-order valence-electron chi connectivity index (χ4n) is 3.19. The van der Waals surface area contributed by atoms with Crippen LogP contribution < -0.4 is 5.32 Å². The molecule has 2 aromatic heterocycles. The lowest BCUT2D eigenvalue weighted by atomic mass is 10.1. The van der Waals surface area contributed by atoms with Crippen molar-refractivity contribution in [1.82, 2.24) is 14.8 Å². The molecule has 9 heteroatoms. The summed E-state index contributed by atoms with van der Waals surface area (Å²) in [6.07, 6.45) is 3.52. The molecule has 1 amide bonds. The molecule has 0 fully saturated rings. The Kier molecular flexibility index (Phi) is 6.72. The van der Waals surface area contributed by atoms with Crippen LogP contribution in [0.3, 0.4) is 0 Å². The summed E-state index contributed by atoms with van der Waals surface area (Å²) >= 11 is 0. The summed E-state index contributed by atoms with van der Waals surface area (Å²) in [7, 11) is 0. The predicted octanol–water partition coefficient (Wildman–Crippen LogP) is 3.53. The predicted molar refractivity (Wildman–Crippen MR) is 114 cm³/mol. The number of rotatable bonds is 9. The number of H-pyrrole nitrogens is 1. The molecule has 0 aliphatic heterocycles. The third kappa shape index (κ3) is 5.11. The van der Waals surface area contributed by atoms with E-state index >= 15 is 0 Å².